The summed E-state index contributed by atoms with van der Waals surface area (Å²) in [6, 6.07) is 13.7. The topological polar surface area (TPSA) is 67.2 Å². The molecular weight excluding hydrogens is 420 g/mol. The molecule has 0 saturated carbocycles. The molecule has 5 rings (SSSR count). The summed E-state index contributed by atoms with van der Waals surface area (Å²) in [4.78, 5) is 23.1. The van der Waals surface area contributed by atoms with Crippen molar-refractivity contribution in [2.75, 3.05) is 31.1 Å². The lowest BCUT2D eigenvalue weighted by molar-refractivity contribution is 0.0776. The van der Waals surface area contributed by atoms with Gasteiger partial charge in [0.05, 0.1) is 11.9 Å². The highest BCUT2D eigenvalue weighted by molar-refractivity contribution is 9.10. The van der Waals surface area contributed by atoms with Crippen molar-refractivity contribution >= 4 is 27.7 Å². The molecule has 0 N–H and O–H groups in total. The molecule has 2 aromatic heterocycles. The van der Waals surface area contributed by atoms with Crippen LogP contribution in [0, 0.1) is 11.8 Å². The molecule has 2 saturated heterocycles. The van der Waals surface area contributed by atoms with E-state index in [-0.39, 0.29) is 5.91 Å². The Kier molecular flexibility index (Phi) is 4.35. The monoisotopic (exact) mass is 438 g/mol. The predicted molar refractivity (Wildman–Crippen MR) is 108 cm³/mol. The number of carbonyl (C=O) groups excluding carboxylic acids is 1. The van der Waals surface area contributed by atoms with Crippen LogP contribution in [0.3, 0.4) is 0 Å². The summed E-state index contributed by atoms with van der Waals surface area (Å²) in [6.07, 6.45) is 3.39. The van der Waals surface area contributed by atoms with Gasteiger partial charge in [0.25, 0.3) is 5.91 Å². The summed E-state index contributed by atoms with van der Waals surface area (Å²) in [5, 5.41) is 8.63. The number of aromatic nitrogens is 4. The first-order chi connectivity index (χ1) is 13.7. The van der Waals surface area contributed by atoms with Crippen LogP contribution in [-0.4, -0.2) is 57.0 Å². The van der Waals surface area contributed by atoms with Crippen LogP contribution in [0.5, 0.6) is 0 Å². The first kappa shape index (κ1) is 17.4. The van der Waals surface area contributed by atoms with Crippen LogP contribution >= 0.6 is 15.9 Å². The van der Waals surface area contributed by atoms with Gasteiger partial charge in [-0.15, -0.1) is 5.10 Å². The number of pyridine rings is 1. The molecule has 2 fully saturated rings. The van der Waals surface area contributed by atoms with Crippen molar-refractivity contribution in [1.82, 2.24) is 24.9 Å². The quantitative estimate of drug-likeness (QED) is 0.628. The van der Waals surface area contributed by atoms with E-state index < -0.39 is 0 Å². The van der Waals surface area contributed by atoms with Gasteiger partial charge in [-0.3, -0.25) is 4.79 Å². The third kappa shape index (κ3) is 3.17. The number of likely N-dealkylation sites (tertiary alicyclic amines) is 1. The van der Waals surface area contributed by atoms with Gasteiger partial charge in [0.1, 0.15) is 5.82 Å². The number of hydrogen-bond acceptors (Lipinski definition) is 5. The summed E-state index contributed by atoms with van der Waals surface area (Å²) in [5.74, 6) is 1.91. The molecule has 2 aliphatic heterocycles. The van der Waals surface area contributed by atoms with Gasteiger partial charge in [-0.05, 0) is 40.2 Å². The maximum absolute atomic E-state index is 12.9. The number of fused-ring (bicyclic) bond motifs is 1. The Morgan fingerprint density at radius 2 is 1.71 bits per heavy atom. The molecule has 1 amide bonds. The number of amides is 1. The molecule has 7 nitrogen and oxygen atoms in total. The standard InChI is InChI=1S/C20H19BrN6O/c21-16-6-7-19(22-8-16)25-10-14-12-26(13-15(14)11-25)20(28)18-9-23-27(24-18)17-4-2-1-3-5-17/h1-9,14-15H,10-13H2. The van der Waals surface area contributed by atoms with Crippen molar-refractivity contribution in [3.8, 4) is 5.69 Å². The summed E-state index contributed by atoms with van der Waals surface area (Å²) >= 11 is 3.43. The first-order valence-electron chi connectivity index (χ1n) is 9.31. The molecule has 1 aromatic carbocycles. The molecule has 28 heavy (non-hydrogen) atoms. The van der Waals surface area contributed by atoms with Crippen LogP contribution in [0.15, 0.2) is 59.3 Å². The average Bonchev–Trinajstić information content (AvgIpc) is 3.43. The molecule has 142 valence electrons. The lowest BCUT2D eigenvalue weighted by Gasteiger charge is -2.22. The molecule has 2 unspecified atom stereocenters. The zero-order valence-corrected chi connectivity index (χ0v) is 16.7. The van der Waals surface area contributed by atoms with Gasteiger partial charge < -0.3 is 9.80 Å². The fourth-order valence-electron chi connectivity index (χ4n) is 4.11. The average molecular weight is 439 g/mol. The highest BCUT2D eigenvalue weighted by atomic mass is 79.9. The number of rotatable bonds is 3. The minimum Gasteiger partial charge on any atom is -0.356 e. The zero-order valence-electron chi connectivity index (χ0n) is 15.1. The highest BCUT2D eigenvalue weighted by Crippen LogP contribution is 2.34. The van der Waals surface area contributed by atoms with Crippen molar-refractivity contribution in [3.05, 3.63) is 65.0 Å². The Labute approximate surface area is 171 Å². The second-order valence-electron chi connectivity index (χ2n) is 7.32. The van der Waals surface area contributed by atoms with Crippen LogP contribution in [-0.2, 0) is 0 Å². The third-order valence-electron chi connectivity index (χ3n) is 5.51. The normalized spacial score (nSPS) is 21.2. The van der Waals surface area contributed by atoms with Crippen molar-refractivity contribution in [3.63, 3.8) is 0 Å². The fourth-order valence-corrected chi connectivity index (χ4v) is 4.34. The van der Waals surface area contributed by atoms with Gasteiger partial charge in [-0.1, -0.05) is 18.2 Å². The Balaban J connectivity index is 1.25. The van der Waals surface area contributed by atoms with Crippen LogP contribution in [0.1, 0.15) is 10.5 Å². The molecule has 2 atom stereocenters. The lowest BCUT2D eigenvalue weighted by Crippen LogP contribution is -2.33. The molecule has 4 heterocycles. The number of anilines is 1. The van der Waals surface area contributed by atoms with Crippen molar-refractivity contribution in [1.29, 1.82) is 0 Å². The predicted octanol–water partition coefficient (Wildman–Crippen LogP) is 2.63. The summed E-state index contributed by atoms with van der Waals surface area (Å²) in [6.45, 7) is 3.38. The zero-order chi connectivity index (χ0) is 19.1. The number of carbonyl (C=O) groups is 1. The molecule has 3 aromatic rings. The maximum Gasteiger partial charge on any atom is 0.276 e. The Morgan fingerprint density at radius 3 is 2.39 bits per heavy atom. The van der Waals surface area contributed by atoms with Crippen LogP contribution < -0.4 is 4.90 Å². The number of nitrogens with zero attached hydrogens (tertiary/aromatic N) is 6. The van der Waals surface area contributed by atoms with Gasteiger partial charge in [0.2, 0.25) is 0 Å². The molecule has 8 heteroatoms. The second kappa shape index (κ2) is 7.01. The largest absolute Gasteiger partial charge is 0.356 e. The van der Waals surface area contributed by atoms with Gasteiger partial charge >= 0.3 is 0 Å². The minimum absolute atomic E-state index is 0.0371. The van der Waals surface area contributed by atoms with E-state index in [2.05, 4.69) is 36.0 Å². The van der Waals surface area contributed by atoms with E-state index in [9.17, 15) is 4.79 Å². The van der Waals surface area contributed by atoms with E-state index >= 15 is 0 Å². The van der Waals surface area contributed by atoms with Gasteiger partial charge in [0.15, 0.2) is 5.69 Å². The van der Waals surface area contributed by atoms with E-state index in [4.69, 9.17) is 0 Å². The Hall–Kier alpha value is -2.74. The van der Waals surface area contributed by atoms with Crippen LogP contribution in [0.25, 0.3) is 5.69 Å². The molecule has 2 aliphatic rings. The number of halogens is 1. The molecule has 0 bridgehead atoms. The van der Waals surface area contributed by atoms with Gasteiger partial charge in [-0.2, -0.15) is 9.90 Å². The van der Waals surface area contributed by atoms with E-state index in [0.717, 1.165) is 42.2 Å². The fraction of sp³-hybridized carbons (Fsp3) is 0.300. The highest BCUT2D eigenvalue weighted by Gasteiger charge is 2.42. The molecule has 0 radical (unpaired) electrons. The minimum atomic E-state index is -0.0371. The molecular formula is C20H19BrN6O. The maximum atomic E-state index is 12.9. The van der Waals surface area contributed by atoms with E-state index in [1.165, 1.54) is 4.80 Å². The molecule has 0 spiro atoms. The third-order valence-corrected chi connectivity index (χ3v) is 5.98. The van der Waals surface area contributed by atoms with Crippen LogP contribution in [0.2, 0.25) is 0 Å². The van der Waals surface area contributed by atoms with Gasteiger partial charge in [-0.25, -0.2) is 4.98 Å². The lowest BCUT2D eigenvalue weighted by atomic mass is 10.0. The van der Waals surface area contributed by atoms with Crippen LogP contribution in [0.4, 0.5) is 5.82 Å². The van der Waals surface area contributed by atoms with E-state index in [1.54, 1.807) is 6.20 Å². The Bertz CT molecular complexity index is 975. The molecule has 0 aliphatic carbocycles. The Morgan fingerprint density at radius 1 is 0.964 bits per heavy atom. The number of hydrogen-bond donors (Lipinski definition) is 0. The summed E-state index contributed by atoms with van der Waals surface area (Å²) in [7, 11) is 0. The SMILES string of the molecule is O=C(c1cnn(-c2ccccc2)n1)N1CC2CN(c3ccc(Br)cn3)CC2C1. The van der Waals surface area contributed by atoms with Crippen molar-refractivity contribution in [2.24, 2.45) is 11.8 Å². The van der Waals surface area contributed by atoms with Crippen molar-refractivity contribution in [2.45, 2.75) is 0 Å². The summed E-state index contributed by atoms with van der Waals surface area (Å²) in [5.41, 5.74) is 1.24. The smallest absolute Gasteiger partial charge is 0.276 e. The van der Waals surface area contributed by atoms with Gasteiger partial charge in [0, 0.05) is 48.7 Å². The van der Waals surface area contributed by atoms with E-state index in [0.29, 0.717) is 17.5 Å². The number of para-hydroxylation sites is 1. The summed E-state index contributed by atoms with van der Waals surface area (Å²) < 4.78 is 0.982. The van der Waals surface area contributed by atoms with E-state index in [1.807, 2.05) is 53.6 Å². The van der Waals surface area contributed by atoms with Crippen molar-refractivity contribution < 1.29 is 4.79 Å². The number of benzene rings is 1. The second-order valence-corrected chi connectivity index (χ2v) is 8.24. The first-order valence-corrected chi connectivity index (χ1v) is 10.1.